The summed E-state index contributed by atoms with van der Waals surface area (Å²) < 4.78 is 8.85. The van der Waals surface area contributed by atoms with E-state index in [-0.39, 0.29) is 17.3 Å². The summed E-state index contributed by atoms with van der Waals surface area (Å²) in [5.41, 5.74) is 1.65. The lowest BCUT2D eigenvalue weighted by Gasteiger charge is -2.21. The Bertz CT molecular complexity index is 1440. The van der Waals surface area contributed by atoms with Crippen LogP contribution in [0.5, 0.6) is 0 Å². The number of thiophene rings is 1. The number of benzene rings is 1. The number of halogens is 1. The van der Waals surface area contributed by atoms with Crippen LogP contribution in [0.2, 0.25) is 5.02 Å². The molecule has 0 saturated carbocycles. The zero-order chi connectivity index (χ0) is 24.5. The predicted octanol–water partition coefficient (Wildman–Crippen LogP) is 4.56. The predicted molar refractivity (Wildman–Crippen MR) is 140 cm³/mol. The largest absolute Gasteiger partial charge is 0.465 e. The van der Waals surface area contributed by atoms with Gasteiger partial charge >= 0.3 is 5.97 Å². The summed E-state index contributed by atoms with van der Waals surface area (Å²) in [6, 6.07) is 7.11. The average molecular weight is 532 g/mol. The van der Waals surface area contributed by atoms with E-state index in [2.05, 4.69) is 29.1 Å². The van der Waals surface area contributed by atoms with E-state index in [0.29, 0.717) is 33.6 Å². The molecule has 184 valence electrons. The molecular weight excluding hydrogens is 506 g/mol. The van der Waals surface area contributed by atoms with E-state index in [1.165, 1.54) is 16.6 Å². The molecule has 0 spiro atoms. The third kappa shape index (κ3) is 4.72. The number of esters is 1. The lowest BCUT2D eigenvalue weighted by Crippen LogP contribution is -2.27. The van der Waals surface area contributed by atoms with Gasteiger partial charge in [-0.25, -0.2) is 8.97 Å². The summed E-state index contributed by atoms with van der Waals surface area (Å²) in [6.45, 7) is 4.23. The lowest BCUT2D eigenvalue weighted by atomic mass is 10.1. The van der Waals surface area contributed by atoms with Gasteiger partial charge < -0.3 is 9.64 Å². The van der Waals surface area contributed by atoms with Gasteiger partial charge in [-0.1, -0.05) is 43.1 Å². The van der Waals surface area contributed by atoms with Gasteiger partial charge in [0, 0.05) is 23.0 Å². The summed E-state index contributed by atoms with van der Waals surface area (Å²) >= 11 is 8.98. The van der Waals surface area contributed by atoms with Crippen LogP contribution in [0, 0.1) is 0 Å². The Morgan fingerprint density at radius 1 is 1.23 bits per heavy atom. The second-order valence-corrected chi connectivity index (χ2v) is 11.1. The van der Waals surface area contributed by atoms with Crippen molar-refractivity contribution >= 4 is 56.7 Å². The molecule has 4 aromatic rings. The van der Waals surface area contributed by atoms with Gasteiger partial charge in [-0.05, 0) is 49.7 Å². The van der Waals surface area contributed by atoms with Crippen molar-refractivity contribution in [3.8, 4) is 5.69 Å². The van der Waals surface area contributed by atoms with Crippen LogP contribution in [-0.2, 0) is 22.5 Å². The summed E-state index contributed by atoms with van der Waals surface area (Å²) in [5.74, 6) is 0.260. The number of likely N-dealkylation sites (N-methyl/N-ethyl adjacent to an activating group) is 1. The summed E-state index contributed by atoms with van der Waals surface area (Å²) in [5, 5.41) is 10.6. The molecule has 8 nitrogen and oxygen atoms in total. The van der Waals surface area contributed by atoms with Gasteiger partial charge in [0.25, 0.3) is 5.56 Å². The maximum absolute atomic E-state index is 13.9. The minimum absolute atomic E-state index is 0.115. The van der Waals surface area contributed by atoms with Crippen LogP contribution in [0.1, 0.15) is 36.6 Å². The van der Waals surface area contributed by atoms with E-state index >= 15 is 0 Å². The molecule has 0 fully saturated rings. The first-order chi connectivity index (χ1) is 17.0. The van der Waals surface area contributed by atoms with Gasteiger partial charge in [0.05, 0.1) is 23.4 Å². The number of unbranched alkanes of at least 4 members (excludes halogenated alkanes) is 2. The fraction of sp³-hybridized carbons (Fsp3) is 0.417. The smallest absolute Gasteiger partial charge is 0.316 e. The van der Waals surface area contributed by atoms with Crippen LogP contribution >= 0.6 is 34.7 Å². The maximum Gasteiger partial charge on any atom is 0.316 e. The lowest BCUT2D eigenvalue weighted by molar-refractivity contribution is -0.140. The van der Waals surface area contributed by atoms with E-state index in [4.69, 9.17) is 16.3 Å². The summed E-state index contributed by atoms with van der Waals surface area (Å²) in [6.07, 6.45) is 3.78. The monoisotopic (exact) mass is 531 g/mol. The first-order valence-corrected chi connectivity index (χ1v) is 13.8. The molecule has 0 N–H and O–H groups in total. The number of carbonyl (C=O) groups is 1. The van der Waals surface area contributed by atoms with E-state index in [1.807, 2.05) is 4.40 Å². The summed E-state index contributed by atoms with van der Waals surface area (Å²) in [7, 11) is 2.08. The normalized spacial score (nSPS) is 14.0. The number of ether oxygens (including phenoxy) is 1. The first kappa shape index (κ1) is 24.3. The molecule has 11 heteroatoms. The van der Waals surface area contributed by atoms with Crippen molar-refractivity contribution in [2.75, 3.05) is 26.0 Å². The maximum atomic E-state index is 13.9. The average Bonchev–Trinajstić information content (AvgIpc) is 3.43. The second kappa shape index (κ2) is 10.3. The van der Waals surface area contributed by atoms with Gasteiger partial charge in [0.15, 0.2) is 5.16 Å². The highest BCUT2D eigenvalue weighted by molar-refractivity contribution is 7.99. The van der Waals surface area contributed by atoms with E-state index in [1.54, 1.807) is 40.2 Å². The quantitative estimate of drug-likeness (QED) is 0.187. The highest BCUT2D eigenvalue weighted by atomic mass is 35.5. The minimum Gasteiger partial charge on any atom is -0.465 e. The molecule has 5 rings (SSSR count). The molecule has 0 saturated heterocycles. The Labute approximate surface area is 215 Å². The van der Waals surface area contributed by atoms with Gasteiger partial charge in [-0.3, -0.25) is 9.59 Å². The van der Waals surface area contributed by atoms with Crippen LogP contribution < -0.4 is 5.56 Å². The number of hydrogen-bond donors (Lipinski definition) is 0. The van der Waals surface area contributed by atoms with Crippen molar-refractivity contribution in [2.45, 2.75) is 44.3 Å². The number of rotatable bonds is 8. The number of carbonyl (C=O) groups excluding carboxylic acids is 1. The van der Waals surface area contributed by atoms with Crippen LogP contribution in [0.15, 0.2) is 34.2 Å². The summed E-state index contributed by atoms with van der Waals surface area (Å²) in [4.78, 5) is 30.4. The number of hydrogen-bond acceptors (Lipinski definition) is 8. The molecule has 0 radical (unpaired) electrons. The molecule has 0 atom stereocenters. The number of thioether (sulfide) groups is 1. The zero-order valence-electron chi connectivity index (χ0n) is 19.6. The number of fused-ring (bicyclic) bond motifs is 5. The van der Waals surface area contributed by atoms with E-state index in [9.17, 15) is 9.59 Å². The van der Waals surface area contributed by atoms with Gasteiger partial charge in [0.1, 0.15) is 4.83 Å². The molecule has 0 bridgehead atoms. The molecule has 0 amide bonds. The number of aromatic nitrogens is 4. The van der Waals surface area contributed by atoms with Crippen molar-refractivity contribution in [1.29, 1.82) is 0 Å². The van der Waals surface area contributed by atoms with Crippen molar-refractivity contribution in [2.24, 2.45) is 0 Å². The minimum atomic E-state index is -0.280. The van der Waals surface area contributed by atoms with Gasteiger partial charge in [-0.15, -0.1) is 21.5 Å². The molecule has 1 aliphatic rings. The Morgan fingerprint density at radius 2 is 2.03 bits per heavy atom. The van der Waals surface area contributed by atoms with E-state index in [0.717, 1.165) is 49.2 Å². The van der Waals surface area contributed by atoms with Crippen LogP contribution in [0.25, 0.3) is 21.7 Å². The van der Waals surface area contributed by atoms with Crippen LogP contribution in [0.4, 0.5) is 0 Å². The van der Waals surface area contributed by atoms with Crippen LogP contribution in [-0.4, -0.2) is 56.0 Å². The fourth-order valence-electron chi connectivity index (χ4n) is 4.30. The molecular formula is C24H26ClN5O3S2. The van der Waals surface area contributed by atoms with Crippen LogP contribution in [0.3, 0.4) is 0 Å². The van der Waals surface area contributed by atoms with Crippen molar-refractivity contribution < 1.29 is 9.53 Å². The van der Waals surface area contributed by atoms with Gasteiger partial charge in [0.2, 0.25) is 5.78 Å². The second-order valence-electron chi connectivity index (χ2n) is 8.62. The molecule has 1 aromatic carbocycles. The van der Waals surface area contributed by atoms with Crippen molar-refractivity contribution in [1.82, 2.24) is 24.1 Å². The molecule has 0 aliphatic carbocycles. The SMILES string of the molecule is CCCCCOC(=O)CSc1nnc2n(-c3ccc(Cl)cc3)c(=O)c3c4c(sc3n12)CN(C)CC4. The number of nitrogens with zero attached hydrogens (tertiary/aromatic N) is 5. The Kier molecular flexibility index (Phi) is 7.15. The highest BCUT2D eigenvalue weighted by Gasteiger charge is 2.27. The van der Waals surface area contributed by atoms with Crippen molar-refractivity contribution in [3.63, 3.8) is 0 Å². The third-order valence-corrected chi connectivity index (χ3v) is 8.44. The fourth-order valence-corrected chi connectivity index (χ4v) is 6.63. The Balaban J connectivity index is 1.60. The zero-order valence-corrected chi connectivity index (χ0v) is 22.0. The highest BCUT2D eigenvalue weighted by Crippen LogP contribution is 2.35. The standard InChI is InChI=1S/C24H26ClN5O3S2/c1-3-4-5-12-33-19(31)14-34-24-27-26-23-29(16-8-6-15(25)7-9-16)21(32)20-17-10-11-28(2)13-18(17)35-22(20)30(23)24/h6-9H,3-5,10-14H2,1-2H3. The first-order valence-electron chi connectivity index (χ1n) is 11.6. The molecule has 1 aliphatic heterocycles. The Hall–Kier alpha value is -2.40. The Morgan fingerprint density at radius 3 is 2.80 bits per heavy atom. The molecule has 4 heterocycles. The molecule has 35 heavy (non-hydrogen) atoms. The molecule has 3 aromatic heterocycles. The van der Waals surface area contributed by atoms with Gasteiger partial charge in [-0.2, -0.15) is 0 Å². The van der Waals surface area contributed by atoms with E-state index < -0.39 is 0 Å². The topological polar surface area (TPSA) is 81.7 Å². The van der Waals surface area contributed by atoms with Crippen molar-refractivity contribution in [3.05, 3.63) is 50.1 Å². The molecule has 0 unspecified atom stereocenters. The third-order valence-electron chi connectivity index (χ3n) is 6.08.